The molecule has 0 aromatic heterocycles. The SMILES string of the molecule is O=S(=O)(CCN1CCNCC1)Nc1ccc(Cl)c(Cl)c1. The molecule has 8 heteroatoms. The van der Waals surface area contributed by atoms with Crippen molar-refractivity contribution >= 4 is 38.9 Å². The largest absolute Gasteiger partial charge is 0.314 e. The van der Waals surface area contributed by atoms with Gasteiger partial charge in [0.1, 0.15) is 0 Å². The lowest BCUT2D eigenvalue weighted by Crippen LogP contribution is -2.45. The molecule has 0 amide bonds. The second kappa shape index (κ2) is 6.95. The van der Waals surface area contributed by atoms with Crippen LogP contribution in [0.15, 0.2) is 18.2 Å². The fourth-order valence-corrected chi connectivity index (χ4v) is 3.36. The molecule has 1 aliphatic heterocycles. The van der Waals surface area contributed by atoms with E-state index in [2.05, 4.69) is 14.9 Å². The van der Waals surface area contributed by atoms with Crippen LogP contribution < -0.4 is 10.0 Å². The highest BCUT2D eigenvalue weighted by atomic mass is 35.5. The highest BCUT2D eigenvalue weighted by Crippen LogP contribution is 2.25. The van der Waals surface area contributed by atoms with E-state index in [1.165, 1.54) is 6.07 Å². The molecule has 0 unspecified atom stereocenters. The summed E-state index contributed by atoms with van der Waals surface area (Å²) in [5.74, 6) is 0.0627. The number of nitrogens with one attached hydrogen (secondary N) is 2. The number of nitrogens with zero attached hydrogens (tertiary/aromatic N) is 1. The lowest BCUT2D eigenvalue weighted by Gasteiger charge is -2.26. The smallest absolute Gasteiger partial charge is 0.233 e. The molecule has 1 saturated heterocycles. The molecule has 0 radical (unpaired) electrons. The third-order valence-corrected chi connectivity index (χ3v) is 5.08. The highest BCUT2D eigenvalue weighted by molar-refractivity contribution is 7.92. The number of sulfonamides is 1. The van der Waals surface area contributed by atoms with Gasteiger partial charge in [-0.1, -0.05) is 23.2 Å². The highest BCUT2D eigenvalue weighted by Gasteiger charge is 2.15. The van der Waals surface area contributed by atoms with Crippen molar-refractivity contribution in [2.24, 2.45) is 0 Å². The molecule has 1 aromatic rings. The van der Waals surface area contributed by atoms with Crippen LogP contribution in [0.2, 0.25) is 10.0 Å². The monoisotopic (exact) mass is 337 g/mol. The second-order valence-corrected chi connectivity index (χ2v) is 7.30. The van der Waals surface area contributed by atoms with Gasteiger partial charge in [-0.3, -0.25) is 9.62 Å². The maximum atomic E-state index is 12.0. The van der Waals surface area contributed by atoms with Crippen LogP contribution in [0.25, 0.3) is 0 Å². The van der Waals surface area contributed by atoms with Crippen molar-refractivity contribution in [1.82, 2.24) is 10.2 Å². The Balaban J connectivity index is 1.91. The Labute approximate surface area is 129 Å². The van der Waals surface area contributed by atoms with Gasteiger partial charge in [0.15, 0.2) is 0 Å². The van der Waals surface area contributed by atoms with Gasteiger partial charge in [-0.25, -0.2) is 8.42 Å². The van der Waals surface area contributed by atoms with Crippen molar-refractivity contribution in [3.8, 4) is 0 Å². The second-order valence-electron chi connectivity index (χ2n) is 4.64. The molecular formula is C12H17Cl2N3O2S. The Kier molecular flexibility index (Phi) is 5.51. The number of benzene rings is 1. The molecule has 20 heavy (non-hydrogen) atoms. The van der Waals surface area contributed by atoms with Crippen LogP contribution in [0.1, 0.15) is 0 Å². The normalized spacial score (nSPS) is 17.1. The first-order valence-electron chi connectivity index (χ1n) is 6.35. The van der Waals surface area contributed by atoms with Gasteiger partial charge < -0.3 is 5.32 Å². The van der Waals surface area contributed by atoms with Crippen LogP contribution >= 0.6 is 23.2 Å². The minimum absolute atomic E-state index is 0.0627. The fraction of sp³-hybridized carbons (Fsp3) is 0.500. The molecule has 0 aliphatic carbocycles. The minimum atomic E-state index is -3.38. The average Bonchev–Trinajstić information content (AvgIpc) is 2.42. The first kappa shape index (κ1) is 15.9. The standard InChI is InChI=1S/C12H17Cl2N3O2S/c13-11-2-1-10(9-12(11)14)16-20(18,19)8-7-17-5-3-15-4-6-17/h1-2,9,15-16H,3-8H2. The van der Waals surface area contributed by atoms with Crippen LogP contribution in [0.5, 0.6) is 0 Å². The van der Waals surface area contributed by atoms with E-state index in [-0.39, 0.29) is 5.75 Å². The summed E-state index contributed by atoms with van der Waals surface area (Å²) < 4.78 is 26.5. The summed E-state index contributed by atoms with van der Waals surface area (Å²) in [6, 6.07) is 4.67. The molecule has 0 saturated carbocycles. The zero-order chi connectivity index (χ0) is 14.6. The molecule has 1 aliphatic rings. The van der Waals surface area contributed by atoms with Crippen LogP contribution in [0.4, 0.5) is 5.69 Å². The summed E-state index contributed by atoms with van der Waals surface area (Å²) in [7, 11) is -3.38. The van der Waals surface area contributed by atoms with Crippen LogP contribution in [-0.2, 0) is 10.0 Å². The van der Waals surface area contributed by atoms with Crippen molar-refractivity contribution in [1.29, 1.82) is 0 Å². The predicted molar refractivity (Wildman–Crippen MR) is 83.2 cm³/mol. The van der Waals surface area contributed by atoms with Gasteiger partial charge in [0.05, 0.1) is 21.5 Å². The number of hydrogen-bond donors (Lipinski definition) is 2. The van der Waals surface area contributed by atoms with E-state index in [0.717, 1.165) is 26.2 Å². The van der Waals surface area contributed by atoms with Crippen LogP contribution in [-0.4, -0.2) is 51.8 Å². The Morgan fingerprint density at radius 1 is 1.20 bits per heavy atom. The van der Waals surface area contributed by atoms with Crippen molar-refractivity contribution in [3.05, 3.63) is 28.2 Å². The molecule has 0 atom stereocenters. The third-order valence-electron chi connectivity index (χ3n) is 3.08. The first-order valence-corrected chi connectivity index (χ1v) is 8.76. The van der Waals surface area contributed by atoms with Gasteiger partial charge >= 0.3 is 0 Å². The summed E-state index contributed by atoms with van der Waals surface area (Å²) in [4.78, 5) is 2.13. The maximum absolute atomic E-state index is 12.0. The summed E-state index contributed by atoms with van der Waals surface area (Å²) in [6.07, 6.45) is 0. The number of halogens is 2. The van der Waals surface area contributed by atoms with Gasteiger partial charge in [-0.15, -0.1) is 0 Å². The Hall–Kier alpha value is -0.530. The predicted octanol–water partition coefficient (Wildman–Crippen LogP) is 1.64. The third kappa shape index (κ3) is 4.79. The van der Waals surface area contributed by atoms with Crippen molar-refractivity contribution in [3.63, 3.8) is 0 Å². The van der Waals surface area contributed by atoms with E-state index in [0.29, 0.717) is 22.3 Å². The number of piperazine rings is 1. The summed E-state index contributed by atoms with van der Waals surface area (Å²) in [5.41, 5.74) is 0.430. The molecule has 2 rings (SSSR count). The van der Waals surface area contributed by atoms with E-state index in [1.807, 2.05) is 0 Å². The quantitative estimate of drug-likeness (QED) is 0.857. The van der Waals surface area contributed by atoms with Crippen molar-refractivity contribution in [2.45, 2.75) is 0 Å². The van der Waals surface area contributed by atoms with Crippen LogP contribution in [0.3, 0.4) is 0 Å². The van der Waals surface area contributed by atoms with Gasteiger partial charge in [0, 0.05) is 32.7 Å². The van der Waals surface area contributed by atoms with Crippen molar-refractivity contribution in [2.75, 3.05) is 43.2 Å². The summed E-state index contributed by atoms with van der Waals surface area (Å²) in [5, 5.41) is 3.96. The number of rotatable bonds is 5. The fourth-order valence-electron chi connectivity index (χ4n) is 1.97. The van der Waals surface area contributed by atoms with Gasteiger partial charge in [0.2, 0.25) is 10.0 Å². The van der Waals surface area contributed by atoms with Gasteiger partial charge in [-0.2, -0.15) is 0 Å². The number of anilines is 1. The molecular weight excluding hydrogens is 321 g/mol. The average molecular weight is 338 g/mol. The maximum Gasteiger partial charge on any atom is 0.233 e. The minimum Gasteiger partial charge on any atom is -0.314 e. The van der Waals surface area contributed by atoms with Gasteiger partial charge in [0.25, 0.3) is 0 Å². The van der Waals surface area contributed by atoms with E-state index >= 15 is 0 Å². The molecule has 0 spiro atoms. The molecule has 1 heterocycles. The van der Waals surface area contributed by atoms with Crippen LogP contribution in [0, 0.1) is 0 Å². The number of hydrogen-bond acceptors (Lipinski definition) is 4. The summed E-state index contributed by atoms with van der Waals surface area (Å²) >= 11 is 11.7. The van der Waals surface area contributed by atoms with E-state index in [4.69, 9.17) is 23.2 Å². The lowest BCUT2D eigenvalue weighted by molar-refractivity contribution is 0.254. The van der Waals surface area contributed by atoms with E-state index < -0.39 is 10.0 Å². The Bertz CT molecular complexity index is 560. The molecule has 2 N–H and O–H groups in total. The zero-order valence-corrected chi connectivity index (χ0v) is 13.2. The summed E-state index contributed by atoms with van der Waals surface area (Å²) in [6.45, 7) is 4.09. The van der Waals surface area contributed by atoms with E-state index in [1.54, 1.807) is 12.1 Å². The Morgan fingerprint density at radius 2 is 1.90 bits per heavy atom. The Morgan fingerprint density at radius 3 is 2.55 bits per heavy atom. The first-order chi connectivity index (χ1) is 9.46. The molecule has 112 valence electrons. The lowest BCUT2D eigenvalue weighted by atomic mass is 10.3. The van der Waals surface area contributed by atoms with Crippen molar-refractivity contribution < 1.29 is 8.42 Å². The molecule has 1 aromatic carbocycles. The molecule has 0 bridgehead atoms. The topological polar surface area (TPSA) is 61.4 Å². The van der Waals surface area contributed by atoms with E-state index in [9.17, 15) is 8.42 Å². The molecule has 5 nitrogen and oxygen atoms in total. The zero-order valence-electron chi connectivity index (χ0n) is 10.9. The van der Waals surface area contributed by atoms with Gasteiger partial charge in [-0.05, 0) is 18.2 Å². The molecule has 1 fully saturated rings.